The van der Waals surface area contributed by atoms with Crippen LogP contribution in [0.15, 0.2) is 48.5 Å². The van der Waals surface area contributed by atoms with E-state index >= 15 is 0 Å². The van der Waals surface area contributed by atoms with Gasteiger partial charge in [-0.25, -0.2) is 4.79 Å². The van der Waals surface area contributed by atoms with E-state index in [4.69, 9.17) is 4.74 Å². The van der Waals surface area contributed by atoms with E-state index in [9.17, 15) is 39.9 Å². The Kier molecular flexibility index (Phi) is 10.7. The second-order valence-corrected chi connectivity index (χ2v) is 11.3. The first kappa shape index (κ1) is 31.2. The van der Waals surface area contributed by atoms with Gasteiger partial charge in [-0.15, -0.1) is 0 Å². The van der Waals surface area contributed by atoms with Gasteiger partial charge in [-0.1, -0.05) is 54.3 Å². The van der Waals surface area contributed by atoms with Crippen LogP contribution in [0.25, 0.3) is 11.1 Å². The standard InChI is InChI=1S/C33H38O9/c34-23-8-4-5-9-32(39)42-24(12-15-31(37)38)16-22(18-28-25(14-11-23)29(35)19-30(28)36)27-17-21(10-13-26(27)33(40)41)20-6-2-1-3-7-20/h1-3,6-7,10,13,17,22-25,28-30,34-36H,4-5,8-9,12,15-16,18-19H2,(H,37,38)(H,40,41)/t22?,23-,24?,25-,28-,29-,30-/m1/s1. The van der Waals surface area contributed by atoms with Crippen molar-refractivity contribution in [2.24, 2.45) is 11.8 Å². The molecular formula is C33H38O9. The predicted octanol–water partition coefficient (Wildman–Crippen LogP) is 3.99. The summed E-state index contributed by atoms with van der Waals surface area (Å²) < 4.78 is 5.77. The van der Waals surface area contributed by atoms with Gasteiger partial charge in [0, 0.05) is 25.2 Å². The van der Waals surface area contributed by atoms with Crippen molar-refractivity contribution in [3.8, 4) is 23.0 Å². The van der Waals surface area contributed by atoms with Gasteiger partial charge >= 0.3 is 17.9 Å². The molecule has 7 atom stereocenters. The van der Waals surface area contributed by atoms with E-state index in [2.05, 4.69) is 11.8 Å². The Morgan fingerprint density at radius 1 is 0.881 bits per heavy atom. The molecule has 1 aliphatic carbocycles. The summed E-state index contributed by atoms with van der Waals surface area (Å²) in [5.74, 6) is 1.29. The van der Waals surface area contributed by atoms with E-state index < -0.39 is 60.1 Å². The number of aliphatic hydroxyl groups excluding tert-OH is 3. The molecule has 4 rings (SSSR count). The molecule has 0 radical (unpaired) electrons. The Balaban J connectivity index is 1.81. The number of aromatic carboxylic acids is 1. The van der Waals surface area contributed by atoms with Gasteiger partial charge in [0.05, 0.1) is 23.7 Å². The molecule has 0 bridgehead atoms. The molecule has 1 heterocycles. The van der Waals surface area contributed by atoms with E-state index in [-0.39, 0.29) is 44.1 Å². The van der Waals surface area contributed by atoms with Gasteiger partial charge in [-0.2, -0.15) is 0 Å². The van der Waals surface area contributed by atoms with Crippen LogP contribution in [0, 0.1) is 23.7 Å². The van der Waals surface area contributed by atoms with Gasteiger partial charge in [0.1, 0.15) is 12.2 Å². The zero-order valence-electron chi connectivity index (χ0n) is 23.4. The predicted molar refractivity (Wildman–Crippen MR) is 153 cm³/mol. The number of carboxylic acid groups (broad SMARTS) is 2. The number of esters is 1. The van der Waals surface area contributed by atoms with Crippen LogP contribution in [-0.4, -0.2) is 67.9 Å². The van der Waals surface area contributed by atoms with E-state index in [0.717, 1.165) is 11.1 Å². The van der Waals surface area contributed by atoms with Gasteiger partial charge in [-0.05, 0) is 67.2 Å². The first-order valence-corrected chi connectivity index (χ1v) is 14.5. The highest BCUT2D eigenvalue weighted by Gasteiger charge is 2.43. The summed E-state index contributed by atoms with van der Waals surface area (Å²) in [5.41, 5.74) is 2.16. The second-order valence-electron chi connectivity index (χ2n) is 11.3. The molecule has 2 aromatic rings. The number of cyclic esters (lactones) is 1. The first-order chi connectivity index (χ1) is 20.1. The third-order valence-corrected chi connectivity index (χ3v) is 8.29. The minimum atomic E-state index is -1.15. The Hall–Kier alpha value is -3.71. The summed E-state index contributed by atoms with van der Waals surface area (Å²) in [4.78, 5) is 36.7. The number of rotatable bonds is 6. The highest BCUT2D eigenvalue weighted by Crippen LogP contribution is 2.43. The molecule has 5 N–H and O–H groups in total. The maximum Gasteiger partial charge on any atom is 0.335 e. The summed E-state index contributed by atoms with van der Waals surface area (Å²) in [6.45, 7) is 0. The number of aliphatic hydroxyl groups is 3. The number of carbonyl (C=O) groups excluding carboxylic acids is 1. The molecule has 0 aromatic heterocycles. The molecule has 1 fully saturated rings. The lowest BCUT2D eigenvalue weighted by molar-refractivity contribution is -0.152. The molecule has 1 aliphatic heterocycles. The molecular weight excluding hydrogens is 540 g/mol. The smallest absolute Gasteiger partial charge is 0.335 e. The van der Waals surface area contributed by atoms with Gasteiger partial charge in [0.2, 0.25) is 0 Å². The maximum absolute atomic E-state index is 12.8. The van der Waals surface area contributed by atoms with Gasteiger partial charge in [0.15, 0.2) is 0 Å². The Morgan fingerprint density at radius 2 is 1.64 bits per heavy atom. The minimum Gasteiger partial charge on any atom is -0.481 e. The molecule has 9 heteroatoms. The fourth-order valence-electron chi connectivity index (χ4n) is 6.13. The summed E-state index contributed by atoms with van der Waals surface area (Å²) in [6.07, 6.45) is -2.06. The molecule has 2 aromatic carbocycles. The van der Waals surface area contributed by atoms with Crippen LogP contribution in [0.3, 0.4) is 0 Å². The monoisotopic (exact) mass is 578 g/mol. The highest BCUT2D eigenvalue weighted by molar-refractivity contribution is 5.90. The molecule has 224 valence electrons. The SMILES string of the molecule is O=C(O)CCC1CC(c2cc(-c3ccccc3)ccc2C(=O)O)C[C@@H]2[C@@H](C#C[C@H](O)CCCCC(=O)O1)[C@H](O)C[C@H]2O. The van der Waals surface area contributed by atoms with E-state index in [1.165, 1.54) is 6.07 Å². The van der Waals surface area contributed by atoms with Crippen molar-refractivity contribution in [1.29, 1.82) is 0 Å². The largest absolute Gasteiger partial charge is 0.481 e. The fraction of sp³-hybridized carbons (Fsp3) is 0.485. The van der Waals surface area contributed by atoms with Crippen LogP contribution in [0.5, 0.6) is 0 Å². The van der Waals surface area contributed by atoms with Crippen LogP contribution in [0.2, 0.25) is 0 Å². The number of ether oxygens (including phenoxy) is 1. The van der Waals surface area contributed by atoms with Crippen molar-refractivity contribution in [1.82, 2.24) is 0 Å². The van der Waals surface area contributed by atoms with Crippen molar-refractivity contribution >= 4 is 17.9 Å². The summed E-state index contributed by atoms with van der Waals surface area (Å²) >= 11 is 0. The molecule has 9 nitrogen and oxygen atoms in total. The Bertz CT molecular complexity index is 1310. The molecule has 2 aliphatic rings. The third kappa shape index (κ3) is 8.19. The molecule has 1 saturated carbocycles. The van der Waals surface area contributed by atoms with Crippen molar-refractivity contribution in [2.75, 3.05) is 0 Å². The summed E-state index contributed by atoms with van der Waals surface area (Å²) in [7, 11) is 0. The molecule has 2 unspecified atom stereocenters. The fourth-order valence-corrected chi connectivity index (χ4v) is 6.13. The Labute approximate surface area is 245 Å². The normalized spacial score (nSPS) is 28.7. The highest BCUT2D eigenvalue weighted by atomic mass is 16.5. The van der Waals surface area contributed by atoms with Crippen molar-refractivity contribution < 1.29 is 44.7 Å². The molecule has 42 heavy (non-hydrogen) atoms. The van der Waals surface area contributed by atoms with E-state index in [0.29, 0.717) is 24.8 Å². The average molecular weight is 579 g/mol. The second kappa shape index (κ2) is 14.5. The van der Waals surface area contributed by atoms with Crippen LogP contribution in [0.1, 0.15) is 79.6 Å². The van der Waals surface area contributed by atoms with E-state index in [1.54, 1.807) is 12.1 Å². The van der Waals surface area contributed by atoms with Gasteiger partial charge in [-0.3, -0.25) is 9.59 Å². The number of hydrogen-bond donors (Lipinski definition) is 5. The van der Waals surface area contributed by atoms with Crippen LogP contribution >= 0.6 is 0 Å². The van der Waals surface area contributed by atoms with Crippen LogP contribution < -0.4 is 0 Å². The topological polar surface area (TPSA) is 162 Å². The number of hydrogen-bond acceptors (Lipinski definition) is 7. The van der Waals surface area contributed by atoms with Crippen molar-refractivity contribution in [2.45, 2.75) is 88.1 Å². The molecule has 0 spiro atoms. The quantitative estimate of drug-likeness (QED) is 0.252. The maximum atomic E-state index is 12.8. The lowest BCUT2D eigenvalue weighted by Crippen LogP contribution is -2.27. The molecule has 0 saturated heterocycles. The van der Waals surface area contributed by atoms with Gasteiger partial charge in [0.25, 0.3) is 0 Å². The van der Waals surface area contributed by atoms with Crippen molar-refractivity contribution in [3.63, 3.8) is 0 Å². The third-order valence-electron chi connectivity index (χ3n) is 8.29. The number of aliphatic carboxylic acids is 1. The molecule has 0 amide bonds. The van der Waals surface area contributed by atoms with Crippen LogP contribution in [-0.2, 0) is 14.3 Å². The summed E-state index contributed by atoms with van der Waals surface area (Å²) in [6, 6.07) is 14.5. The zero-order valence-corrected chi connectivity index (χ0v) is 23.4. The lowest BCUT2D eigenvalue weighted by atomic mass is 9.77. The first-order valence-electron chi connectivity index (χ1n) is 14.5. The number of benzene rings is 2. The summed E-state index contributed by atoms with van der Waals surface area (Å²) in [5, 5.41) is 51.7. The lowest BCUT2D eigenvalue weighted by Gasteiger charge is -2.30. The average Bonchev–Trinajstić information content (AvgIpc) is 3.22. The number of carbonyl (C=O) groups is 3. The van der Waals surface area contributed by atoms with E-state index in [1.807, 2.05) is 30.3 Å². The van der Waals surface area contributed by atoms with Crippen LogP contribution in [0.4, 0.5) is 0 Å². The number of fused-ring (bicyclic) bond motifs is 1. The van der Waals surface area contributed by atoms with Gasteiger partial charge < -0.3 is 30.3 Å². The number of carboxylic acids is 2. The Morgan fingerprint density at radius 3 is 2.36 bits per heavy atom. The van der Waals surface area contributed by atoms with Crippen molar-refractivity contribution in [3.05, 3.63) is 59.7 Å². The minimum absolute atomic E-state index is 0.0378. The zero-order chi connectivity index (χ0) is 30.2.